The number of likely N-dealkylation sites (tertiary alicyclic amines) is 1. The number of ether oxygens (including phenoxy) is 2. The monoisotopic (exact) mass is 304 g/mol. The van der Waals surface area contributed by atoms with Crippen molar-refractivity contribution in [3.63, 3.8) is 0 Å². The Balaban J connectivity index is 1.54. The van der Waals surface area contributed by atoms with Crippen molar-refractivity contribution in [3.05, 3.63) is 29.8 Å². The molecule has 0 aromatic heterocycles. The summed E-state index contributed by atoms with van der Waals surface area (Å²) in [5.74, 6) is 1.55. The van der Waals surface area contributed by atoms with Crippen molar-refractivity contribution in [2.75, 3.05) is 27.2 Å². The number of fused-ring (bicyclic) bond motifs is 1. The number of para-hydroxylation sites is 1. The first-order chi connectivity index (χ1) is 10.7. The molecule has 1 amide bonds. The molecule has 0 radical (unpaired) electrons. The summed E-state index contributed by atoms with van der Waals surface area (Å²) in [7, 11) is 3.39. The Morgan fingerprint density at radius 1 is 1.41 bits per heavy atom. The SMILES string of the molecule is CNC(=O)C[C@@H]1C[C@H]2CN(Cc3ccccc3OC)C[C@H]2O1. The van der Waals surface area contributed by atoms with Gasteiger partial charge in [0.1, 0.15) is 5.75 Å². The third-order valence-electron chi connectivity index (χ3n) is 4.67. The molecule has 3 rings (SSSR count). The maximum atomic E-state index is 11.4. The van der Waals surface area contributed by atoms with Crippen molar-refractivity contribution >= 4 is 5.91 Å². The van der Waals surface area contributed by atoms with E-state index >= 15 is 0 Å². The van der Waals surface area contributed by atoms with Gasteiger partial charge in [0.25, 0.3) is 0 Å². The minimum absolute atomic E-state index is 0.0656. The van der Waals surface area contributed by atoms with Crippen molar-refractivity contribution in [2.45, 2.75) is 31.6 Å². The number of amides is 1. The van der Waals surface area contributed by atoms with Gasteiger partial charge in [-0.1, -0.05) is 18.2 Å². The number of hydrogen-bond acceptors (Lipinski definition) is 4. The van der Waals surface area contributed by atoms with Crippen LogP contribution in [0.15, 0.2) is 24.3 Å². The van der Waals surface area contributed by atoms with E-state index in [4.69, 9.17) is 9.47 Å². The minimum Gasteiger partial charge on any atom is -0.496 e. The number of nitrogens with zero attached hydrogens (tertiary/aromatic N) is 1. The molecule has 2 heterocycles. The molecule has 2 fully saturated rings. The fraction of sp³-hybridized carbons (Fsp3) is 0.588. The highest BCUT2D eigenvalue weighted by Gasteiger charge is 2.42. The first-order valence-corrected chi connectivity index (χ1v) is 7.90. The molecule has 120 valence electrons. The van der Waals surface area contributed by atoms with Crippen LogP contribution in [0.3, 0.4) is 0 Å². The van der Waals surface area contributed by atoms with Crippen molar-refractivity contribution in [1.29, 1.82) is 0 Å². The fourth-order valence-corrected chi connectivity index (χ4v) is 3.59. The molecule has 2 aliphatic rings. The topological polar surface area (TPSA) is 50.8 Å². The lowest BCUT2D eigenvalue weighted by Crippen LogP contribution is -2.28. The van der Waals surface area contributed by atoms with Gasteiger partial charge in [-0.25, -0.2) is 0 Å². The smallest absolute Gasteiger partial charge is 0.222 e. The summed E-state index contributed by atoms with van der Waals surface area (Å²) in [6, 6.07) is 8.16. The van der Waals surface area contributed by atoms with E-state index in [9.17, 15) is 4.79 Å². The van der Waals surface area contributed by atoms with Gasteiger partial charge < -0.3 is 14.8 Å². The Labute approximate surface area is 131 Å². The number of carbonyl (C=O) groups is 1. The molecule has 3 atom stereocenters. The van der Waals surface area contributed by atoms with Crippen LogP contribution in [-0.2, 0) is 16.1 Å². The largest absolute Gasteiger partial charge is 0.496 e. The highest BCUT2D eigenvalue weighted by Crippen LogP contribution is 2.35. The molecule has 5 heteroatoms. The van der Waals surface area contributed by atoms with Gasteiger partial charge in [-0.05, 0) is 12.5 Å². The van der Waals surface area contributed by atoms with Crippen LogP contribution < -0.4 is 10.1 Å². The molecule has 1 aromatic carbocycles. The van der Waals surface area contributed by atoms with E-state index in [1.165, 1.54) is 5.56 Å². The number of nitrogens with one attached hydrogen (secondary N) is 1. The zero-order valence-electron chi connectivity index (χ0n) is 13.2. The molecule has 1 N–H and O–H groups in total. The summed E-state index contributed by atoms with van der Waals surface area (Å²) in [6.07, 6.45) is 1.82. The molecule has 0 bridgehead atoms. The molecule has 0 spiro atoms. The van der Waals surface area contributed by atoms with Gasteiger partial charge >= 0.3 is 0 Å². The number of hydrogen-bond donors (Lipinski definition) is 1. The maximum absolute atomic E-state index is 11.4. The third-order valence-corrected chi connectivity index (χ3v) is 4.67. The molecule has 1 aromatic rings. The average molecular weight is 304 g/mol. The van der Waals surface area contributed by atoms with Gasteiger partial charge in [0.15, 0.2) is 0 Å². The maximum Gasteiger partial charge on any atom is 0.222 e. The molecule has 2 aliphatic heterocycles. The van der Waals surface area contributed by atoms with Crippen LogP contribution in [0.2, 0.25) is 0 Å². The Hall–Kier alpha value is -1.59. The molecular formula is C17H24N2O3. The number of methoxy groups -OCH3 is 1. The van der Waals surface area contributed by atoms with Crippen LogP contribution in [0.1, 0.15) is 18.4 Å². The van der Waals surface area contributed by atoms with Gasteiger partial charge in [0, 0.05) is 38.2 Å². The van der Waals surface area contributed by atoms with Crippen LogP contribution in [0.25, 0.3) is 0 Å². The second-order valence-corrected chi connectivity index (χ2v) is 6.18. The zero-order valence-corrected chi connectivity index (χ0v) is 13.2. The highest BCUT2D eigenvalue weighted by molar-refractivity contribution is 5.76. The van der Waals surface area contributed by atoms with Gasteiger partial charge in [0.2, 0.25) is 5.91 Å². The lowest BCUT2D eigenvalue weighted by Gasteiger charge is -2.20. The zero-order chi connectivity index (χ0) is 15.5. The molecule has 0 unspecified atom stereocenters. The van der Waals surface area contributed by atoms with Gasteiger partial charge in [-0.2, -0.15) is 0 Å². The Morgan fingerprint density at radius 2 is 2.23 bits per heavy atom. The van der Waals surface area contributed by atoms with Crippen molar-refractivity contribution in [3.8, 4) is 5.75 Å². The van der Waals surface area contributed by atoms with E-state index in [0.29, 0.717) is 12.3 Å². The van der Waals surface area contributed by atoms with Gasteiger partial charge in [-0.3, -0.25) is 9.69 Å². The van der Waals surface area contributed by atoms with Gasteiger partial charge in [0.05, 0.1) is 25.7 Å². The van der Waals surface area contributed by atoms with Crippen LogP contribution in [-0.4, -0.2) is 50.3 Å². The molecule has 0 aliphatic carbocycles. The average Bonchev–Trinajstić information content (AvgIpc) is 3.05. The van der Waals surface area contributed by atoms with Crippen LogP contribution in [0.5, 0.6) is 5.75 Å². The molecular weight excluding hydrogens is 280 g/mol. The summed E-state index contributed by atoms with van der Waals surface area (Å²) in [4.78, 5) is 13.9. The summed E-state index contributed by atoms with van der Waals surface area (Å²) in [6.45, 7) is 2.86. The lowest BCUT2D eigenvalue weighted by atomic mass is 10.0. The third kappa shape index (κ3) is 3.25. The highest BCUT2D eigenvalue weighted by atomic mass is 16.5. The van der Waals surface area contributed by atoms with E-state index in [0.717, 1.165) is 31.8 Å². The fourth-order valence-electron chi connectivity index (χ4n) is 3.59. The summed E-state index contributed by atoms with van der Waals surface area (Å²) in [5, 5.41) is 2.67. The Kier molecular flexibility index (Phi) is 4.64. The van der Waals surface area contributed by atoms with Crippen molar-refractivity contribution in [1.82, 2.24) is 10.2 Å². The Bertz CT molecular complexity index is 520. The summed E-state index contributed by atoms with van der Waals surface area (Å²) < 4.78 is 11.5. The predicted octanol–water partition coefficient (Wildman–Crippen LogP) is 1.42. The van der Waals surface area contributed by atoms with Gasteiger partial charge in [-0.15, -0.1) is 0 Å². The number of rotatable bonds is 5. The quantitative estimate of drug-likeness (QED) is 0.894. The predicted molar refractivity (Wildman–Crippen MR) is 83.7 cm³/mol. The van der Waals surface area contributed by atoms with E-state index in [1.807, 2.05) is 18.2 Å². The molecule has 22 heavy (non-hydrogen) atoms. The van der Waals surface area contributed by atoms with Crippen LogP contribution in [0, 0.1) is 5.92 Å². The minimum atomic E-state index is 0.0656. The number of benzene rings is 1. The normalized spacial score (nSPS) is 27.6. The van der Waals surface area contributed by atoms with Crippen molar-refractivity contribution in [2.24, 2.45) is 5.92 Å². The van der Waals surface area contributed by atoms with E-state index in [-0.39, 0.29) is 18.1 Å². The molecule has 2 saturated heterocycles. The first-order valence-electron chi connectivity index (χ1n) is 7.90. The van der Waals surface area contributed by atoms with Crippen LogP contribution >= 0.6 is 0 Å². The summed E-state index contributed by atoms with van der Waals surface area (Å²) >= 11 is 0. The van der Waals surface area contributed by atoms with Crippen molar-refractivity contribution < 1.29 is 14.3 Å². The Morgan fingerprint density at radius 3 is 2.95 bits per heavy atom. The second-order valence-electron chi connectivity index (χ2n) is 6.18. The van der Waals surface area contributed by atoms with E-state index in [2.05, 4.69) is 16.3 Å². The molecule has 5 nitrogen and oxygen atoms in total. The van der Waals surface area contributed by atoms with E-state index < -0.39 is 0 Å². The lowest BCUT2D eigenvalue weighted by molar-refractivity contribution is -0.123. The van der Waals surface area contributed by atoms with E-state index in [1.54, 1.807) is 14.2 Å². The molecule has 0 saturated carbocycles. The number of carbonyl (C=O) groups excluding carboxylic acids is 1. The summed E-state index contributed by atoms with van der Waals surface area (Å²) in [5.41, 5.74) is 1.21. The van der Waals surface area contributed by atoms with Crippen LogP contribution in [0.4, 0.5) is 0 Å². The standard InChI is InChI=1S/C17H24N2O3/c1-18-17(20)8-14-7-13-10-19(11-16(13)22-14)9-12-5-3-4-6-15(12)21-2/h3-6,13-14,16H,7-11H2,1-2H3,(H,18,20)/t13-,14-,16+/m0/s1. The first kappa shape index (κ1) is 15.3. The second kappa shape index (κ2) is 6.67.